The van der Waals surface area contributed by atoms with E-state index in [4.69, 9.17) is 15.2 Å². The van der Waals surface area contributed by atoms with Crippen LogP contribution in [0, 0.1) is 0 Å². The molecule has 2 rings (SSSR count). The summed E-state index contributed by atoms with van der Waals surface area (Å²) in [6, 6.07) is 1.81. The van der Waals surface area contributed by atoms with E-state index in [-0.39, 0.29) is 5.75 Å². The van der Waals surface area contributed by atoms with Gasteiger partial charge in [0.25, 0.3) is 5.88 Å². The SMILES string of the molecule is CCc1cc(OC(N)=O)c(OC)nc1C1CCNCC1. The monoisotopic (exact) mass is 279 g/mol. The average Bonchev–Trinajstić information content (AvgIpc) is 2.47. The van der Waals surface area contributed by atoms with Gasteiger partial charge in [-0.15, -0.1) is 0 Å². The highest BCUT2D eigenvalue weighted by molar-refractivity contribution is 5.69. The summed E-state index contributed by atoms with van der Waals surface area (Å²) in [5, 5.41) is 3.34. The topological polar surface area (TPSA) is 86.5 Å². The van der Waals surface area contributed by atoms with Crippen molar-refractivity contribution < 1.29 is 14.3 Å². The first-order valence-electron chi connectivity index (χ1n) is 6.91. The number of methoxy groups -OCH3 is 1. The summed E-state index contributed by atoms with van der Waals surface area (Å²) in [4.78, 5) is 15.5. The van der Waals surface area contributed by atoms with E-state index >= 15 is 0 Å². The van der Waals surface area contributed by atoms with Crippen molar-refractivity contribution >= 4 is 6.09 Å². The van der Waals surface area contributed by atoms with E-state index in [0.29, 0.717) is 11.8 Å². The number of carbonyl (C=O) groups is 1. The number of nitrogens with zero attached hydrogens (tertiary/aromatic N) is 1. The Labute approximate surface area is 118 Å². The molecule has 1 amide bonds. The minimum Gasteiger partial charge on any atom is -0.478 e. The number of piperidine rings is 1. The highest BCUT2D eigenvalue weighted by Gasteiger charge is 2.22. The largest absolute Gasteiger partial charge is 0.478 e. The molecule has 20 heavy (non-hydrogen) atoms. The maximum Gasteiger partial charge on any atom is 0.410 e. The van der Waals surface area contributed by atoms with Gasteiger partial charge in [-0.1, -0.05) is 6.92 Å². The highest BCUT2D eigenvalue weighted by atomic mass is 16.6. The van der Waals surface area contributed by atoms with Gasteiger partial charge in [0.05, 0.1) is 12.8 Å². The fourth-order valence-corrected chi connectivity index (χ4v) is 2.59. The minimum atomic E-state index is -0.859. The summed E-state index contributed by atoms with van der Waals surface area (Å²) in [5.74, 6) is 1.02. The zero-order chi connectivity index (χ0) is 14.5. The normalized spacial score (nSPS) is 15.9. The molecule has 0 saturated carbocycles. The third-order valence-corrected chi connectivity index (χ3v) is 3.58. The van der Waals surface area contributed by atoms with Gasteiger partial charge in [-0.05, 0) is 44.0 Å². The van der Waals surface area contributed by atoms with Crippen LogP contribution in [0.1, 0.15) is 36.9 Å². The maximum absolute atomic E-state index is 10.9. The van der Waals surface area contributed by atoms with Crippen LogP contribution in [0.25, 0.3) is 0 Å². The average molecular weight is 279 g/mol. The third kappa shape index (κ3) is 3.19. The second-order valence-electron chi connectivity index (χ2n) is 4.84. The molecule has 6 nitrogen and oxygen atoms in total. The predicted molar refractivity (Wildman–Crippen MR) is 75.2 cm³/mol. The van der Waals surface area contributed by atoms with E-state index in [1.54, 1.807) is 0 Å². The zero-order valence-electron chi connectivity index (χ0n) is 11.9. The van der Waals surface area contributed by atoms with Gasteiger partial charge in [0, 0.05) is 5.92 Å². The molecule has 1 aliphatic heterocycles. The summed E-state index contributed by atoms with van der Waals surface area (Å²) >= 11 is 0. The Morgan fingerprint density at radius 2 is 2.20 bits per heavy atom. The number of aromatic nitrogens is 1. The fraction of sp³-hybridized carbons (Fsp3) is 0.571. The molecule has 6 heteroatoms. The number of rotatable bonds is 4. The minimum absolute atomic E-state index is 0.287. The number of aryl methyl sites for hydroxylation is 1. The lowest BCUT2D eigenvalue weighted by molar-refractivity contribution is 0.208. The van der Waals surface area contributed by atoms with Crippen molar-refractivity contribution in [3.8, 4) is 11.6 Å². The summed E-state index contributed by atoms with van der Waals surface area (Å²) < 4.78 is 10.2. The number of nitrogens with one attached hydrogen (secondary N) is 1. The quantitative estimate of drug-likeness (QED) is 0.873. The van der Waals surface area contributed by atoms with Crippen LogP contribution in [-0.2, 0) is 6.42 Å². The molecule has 3 N–H and O–H groups in total. The molecule has 0 spiro atoms. The Hall–Kier alpha value is -1.82. The van der Waals surface area contributed by atoms with E-state index in [1.807, 2.05) is 6.07 Å². The van der Waals surface area contributed by atoms with Gasteiger partial charge in [0.1, 0.15) is 0 Å². The standard InChI is InChI=1S/C14H21N3O3/c1-3-9-8-11(20-14(15)18)13(19-2)17-12(9)10-4-6-16-7-5-10/h8,10,16H,3-7H2,1-2H3,(H2,15,18). The van der Waals surface area contributed by atoms with Crippen molar-refractivity contribution in [3.05, 3.63) is 17.3 Å². The molecular weight excluding hydrogens is 258 g/mol. The van der Waals surface area contributed by atoms with Gasteiger partial charge >= 0.3 is 6.09 Å². The Kier molecular flexibility index (Phi) is 4.79. The van der Waals surface area contributed by atoms with Gasteiger partial charge in [-0.25, -0.2) is 9.78 Å². The van der Waals surface area contributed by atoms with Crippen LogP contribution < -0.4 is 20.5 Å². The fourth-order valence-electron chi connectivity index (χ4n) is 2.59. The molecule has 1 aromatic rings. The molecule has 0 unspecified atom stereocenters. The molecule has 1 aromatic heterocycles. The highest BCUT2D eigenvalue weighted by Crippen LogP contribution is 2.34. The van der Waals surface area contributed by atoms with Gasteiger partial charge < -0.3 is 20.5 Å². The molecular formula is C14H21N3O3. The molecule has 110 valence electrons. The summed E-state index contributed by atoms with van der Waals surface area (Å²) in [6.45, 7) is 4.05. The van der Waals surface area contributed by atoms with E-state index in [1.165, 1.54) is 7.11 Å². The first kappa shape index (κ1) is 14.6. The van der Waals surface area contributed by atoms with Crippen molar-refractivity contribution in [2.24, 2.45) is 5.73 Å². The van der Waals surface area contributed by atoms with Gasteiger partial charge in [0.15, 0.2) is 5.75 Å². The van der Waals surface area contributed by atoms with Crippen LogP contribution >= 0.6 is 0 Å². The van der Waals surface area contributed by atoms with Crippen LogP contribution in [0.4, 0.5) is 4.79 Å². The van der Waals surface area contributed by atoms with Crippen LogP contribution in [0.3, 0.4) is 0 Å². The first-order chi connectivity index (χ1) is 9.65. The van der Waals surface area contributed by atoms with Crippen LogP contribution in [0.2, 0.25) is 0 Å². The van der Waals surface area contributed by atoms with Crippen LogP contribution in [0.5, 0.6) is 11.6 Å². The van der Waals surface area contributed by atoms with Crippen molar-refractivity contribution in [1.29, 1.82) is 0 Å². The number of nitrogens with two attached hydrogens (primary N) is 1. The predicted octanol–water partition coefficient (Wildman–Crippen LogP) is 1.58. The number of pyridine rings is 1. The van der Waals surface area contributed by atoms with Gasteiger partial charge in [0.2, 0.25) is 0 Å². The number of hydrogen-bond donors (Lipinski definition) is 2. The lowest BCUT2D eigenvalue weighted by atomic mass is 9.90. The molecule has 0 atom stereocenters. The first-order valence-corrected chi connectivity index (χ1v) is 6.91. The number of ether oxygens (including phenoxy) is 2. The van der Waals surface area contributed by atoms with Crippen molar-refractivity contribution in [2.75, 3.05) is 20.2 Å². The van der Waals surface area contributed by atoms with Gasteiger partial charge in [-0.2, -0.15) is 0 Å². The molecule has 1 fully saturated rings. The van der Waals surface area contributed by atoms with E-state index in [9.17, 15) is 4.79 Å². The Bertz CT molecular complexity index is 485. The molecule has 0 bridgehead atoms. The molecule has 1 saturated heterocycles. The summed E-state index contributed by atoms with van der Waals surface area (Å²) in [6.07, 6.45) is 2.07. The van der Waals surface area contributed by atoms with E-state index < -0.39 is 6.09 Å². The van der Waals surface area contributed by atoms with E-state index in [0.717, 1.165) is 43.6 Å². The number of carbonyl (C=O) groups excluding carboxylic acids is 1. The Morgan fingerprint density at radius 1 is 1.50 bits per heavy atom. The third-order valence-electron chi connectivity index (χ3n) is 3.58. The van der Waals surface area contributed by atoms with E-state index in [2.05, 4.69) is 17.2 Å². The summed E-state index contributed by atoms with van der Waals surface area (Å²) in [5.41, 5.74) is 7.19. The lowest BCUT2D eigenvalue weighted by Crippen LogP contribution is -2.27. The second kappa shape index (κ2) is 6.56. The number of hydrogen-bond acceptors (Lipinski definition) is 5. The summed E-state index contributed by atoms with van der Waals surface area (Å²) in [7, 11) is 1.51. The smallest absolute Gasteiger partial charge is 0.410 e. The molecule has 0 aromatic carbocycles. The second-order valence-corrected chi connectivity index (χ2v) is 4.84. The lowest BCUT2D eigenvalue weighted by Gasteiger charge is -2.24. The molecule has 2 heterocycles. The molecule has 0 radical (unpaired) electrons. The molecule has 0 aliphatic carbocycles. The van der Waals surface area contributed by atoms with Crippen molar-refractivity contribution in [3.63, 3.8) is 0 Å². The number of primary amides is 1. The Balaban J connectivity index is 2.37. The van der Waals surface area contributed by atoms with Crippen molar-refractivity contribution in [1.82, 2.24) is 10.3 Å². The maximum atomic E-state index is 10.9. The van der Waals surface area contributed by atoms with Crippen LogP contribution in [0.15, 0.2) is 6.07 Å². The van der Waals surface area contributed by atoms with Crippen molar-refractivity contribution in [2.45, 2.75) is 32.1 Å². The zero-order valence-corrected chi connectivity index (χ0v) is 11.9. The van der Waals surface area contributed by atoms with Crippen LogP contribution in [-0.4, -0.2) is 31.3 Å². The Morgan fingerprint density at radius 3 is 2.75 bits per heavy atom. The van der Waals surface area contributed by atoms with Gasteiger partial charge in [-0.3, -0.25) is 0 Å². The molecule has 1 aliphatic rings. The number of amides is 1.